The first-order valence-electron chi connectivity index (χ1n) is 7.42. The fourth-order valence-corrected chi connectivity index (χ4v) is 3.47. The lowest BCUT2D eigenvalue weighted by atomic mass is 10.2. The van der Waals surface area contributed by atoms with Crippen LogP contribution >= 0.6 is 15.9 Å². The van der Waals surface area contributed by atoms with Crippen LogP contribution in [0.3, 0.4) is 0 Å². The van der Waals surface area contributed by atoms with E-state index in [1.54, 1.807) is 0 Å². The van der Waals surface area contributed by atoms with Crippen molar-refractivity contribution in [2.75, 3.05) is 18.4 Å². The third kappa shape index (κ3) is 3.12. The van der Waals surface area contributed by atoms with Crippen LogP contribution in [-0.2, 0) is 9.59 Å². The number of carbonyl (C=O) groups is 2. The normalized spacial score (nSPS) is 24.0. The van der Waals surface area contributed by atoms with E-state index in [1.807, 2.05) is 30.0 Å². The molecule has 1 saturated carbocycles. The Morgan fingerprint density at radius 2 is 1.95 bits per heavy atom. The number of nitrogens with one attached hydrogen (secondary N) is 1. The summed E-state index contributed by atoms with van der Waals surface area (Å²) in [5, 5.41) is 2.92. The van der Waals surface area contributed by atoms with Crippen LogP contribution in [0, 0.1) is 18.8 Å². The molecule has 21 heavy (non-hydrogen) atoms. The molecule has 1 saturated heterocycles. The number of likely N-dealkylation sites (tertiary alicyclic amines) is 1. The highest BCUT2D eigenvalue weighted by atomic mass is 79.9. The number of benzene rings is 1. The van der Waals surface area contributed by atoms with Gasteiger partial charge in [-0.05, 0) is 59.8 Å². The molecule has 1 aliphatic heterocycles. The third-order valence-electron chi connectivity index (χ3n) is 4.24. The zero-order chi connectivity index (χ0) is 15.0. The van der Waals surface area contributed by atoms with E-state index in [9.17, 15) is 9.59 Å². The molecule has 0 aromatic heterocycles. The van der Waals surface area contributed by atoms with E-state index in [-0.39, 0.29) is 23.7 Å². The zero-order valence-electron chi connectivity index (χ0n) is 12.1. The maximum absolute atomic E-state index is 12.2. The van der Waals surface area contributed by atoms with E-state index in [0.717, 1.165) is 41.7 Å². The predicted molar refractivity (Wildman–Crippen MR) is 84.9 cm³/mol. The van der Waals surface area contributed by atoms with Crippen molar-refractivity contribution >= 4 is 33.4 Å². The van der Waals surface area contributed by atoms with Crippen LogP contribution in [0.1, 0.15) is 24.8 Å². The van der Waals surface area contributed by atoms with E-state index in [0.29, 0.717) is 6.42 Å². The highest BCUT2D eigenvalue weighted by molar-refractivity contribution is 9.10. The van der Waals surface area contributed by atoms with Crippen LogP contribution in [0.2, 0.25) is 0 Å². The van der Waals surface area contributed by atoms with E-state index in [4.69, 9.17) is 0 Å². The Balaban J connectivity index is 1.58. The molecule has 1 heterocycles. The lowest BCUT2D eigenvalue weighted by molar-refractivity contribution is -0.133. The molecule has 5 heteroatoms. The van der Waals surface area contributed by atoms with Crippen LogP contribution in [0.15, 0.2) is 22.7 Å². The molecule has 2 atom stereocenters. The topological polar surface area (TPSA) is 49.4 Å². The van der Waals surface area contributed by atoms with Crippen molar-refractivity contribution in [1.29, 1.82) is 0 Å². The molecule has 1 N–H and O–H groups in total. The standard InChI is InChI=1S/C16H19BrN2O2/c1-10-4-5-14(13(17)8-10)18-15(20)11-9-12(11)16(21)19-6-2-3-7-19/h4-5,8,11-12H,2-3,6-7,9H2,1H3,(H,18,20). The monoisotopic (exact) mass is 350 g/mol. The van der Waals surface area contributed by atoms with Crippen LogP contribution in [0.25, 0.3) is 0 Å². The highest BCUT2D eigenvalue weighted by Crippen LogP contribution is 2.41. The first-order valence-corrected chi connectivity index (χ1v) is 8.21. The molecule has 1 aliphatic carbocycles. The first kappa shape index (κ1) is 14.6. The van der Waals surface area contributed by atoms with E-state index < -0.39 is 0 Å². The zero-order valence-corrected chi connectivity index (χ0v) is 13.6. The molecule has 0 radical (unpaired) electrons. The lowest BCUT2D eigenvalue weighted by Crippen LogP contribution is -2.30. The number of halogens is 1. The lowest BCUT2D eigenvalue weighted by Gasteiger charge is -2.15. The van der Waals surface area contributed by atoms with Gasteiger partial charge in [0, 0.05) is 17.6 Å². The van der Waals surface area contributed by atoms with Gasteiger partial charge in [-0.3, -0.25) is 9.59 Å². The van der Waals surface area contributed by atoms with Gasteiger partial charge >= 0.3 is 0 Å². The van der Waals surface area contributed by atoms with Gasteiger partial charge in [0.15, 0.2) is 0 Å². The van der Waals surface area contributed by atoms with Crippen LogP contribution in [0.4, 0.5) is 5.69 Å². The smallest absolute Gasteiger partial charge is 0.228 e. The van der Waals surface area contributed by atoms with Crippen LogP contribution in [-0.4, -0.2) is 29.8 Å². The fraction of sp³-hybridized carbons (Fsp3) is 0.500. The summed E-state index contributed by atoms with van der Waals surface area (Å²) >= 11 is 3.45. The second-order valence-corrected chi connectivity index (χ2v) is 6.81. The summed E-state index contributed by atoms with van der Waals surface area (Å²) in [6.45, 7) is 3.71. The van der Waals surface area contributed by atoms with Gasteiger partial charge in [0.1, 0.15) is 0 Å². The van der Waals surface area contributed by atoms with Gasteiger partial charge in [0.2, 0.25) is 11.8 Å². The Kier molecular flexibility index (Phi) is 4.02. The quantitative estimate of drug-likeness (QED) is 0.910. The van der Waals surface area contributed by atoms with Crippen molar-refractivity contribution in [3.8, 4) is 0 Å². The van der Waals surface area contributed by atoms with Gasteiger partial charge in [-0.2, -0.15) is 0 Å². The molecular weight excluding hydrogens is 332 g/mol. The highest BCUT2D eigenvalue weighted by Gasteiger charge is 2.49. The summed E-state index contributed by atoms with van der Waals surface area (Å²) in [5.41, 5.74) is 1.90. The second kappa shape index (κ2) is 5.79. The second-order valence-electron chi connectivity index (χ2n) is 5.95. The minimum absolute atomic E-state index is 0.0444. The molecule has 1 aromatic rings. The third-order valence-corrected chi connectivity index (χ3v) is 4.90. The summed E-state index contributed by atoms with van der Waals surface area (Å²) in [6, 6.07) is 5.81. The number of hydrogen-bond donors (Lipinski definition) is 1. The number of rotatable bonds is 3. The average Bonchev–Trinajstić information content (AvgIpc) is 3.06. The van der Waals surface area contributed by atoms with Crippen molar-refractivity contribution in [2.45, 2.75) is 26.2 Å². The van der Waals surface area contributed by atoms with Crippen molar-refractivity contribution in [2.24, 2.45) is 11.8 Å². The molecule has 1 aromatic carbocycles. The van der Waals surface area contributed by atoms with E-state index >= 15 is 0 Å². The molecule has 0 spiro atoms. The SMILES string of the molecule is Cc1ccc(NC(=O)C2CC2C(=O)N2CCCC2)c(Br)c1. The van der Waals surface area contributed by atoms with Crippen molar-refractivity contribution < 1.29 is 9.59 Å². The van der Waals surface area contributed by atoms with Crippen LogP contribution in [0.5, 0.6) is 0 Å². The predicted octanol–water partition coefficient (Wildman–Crippen LogP) is 2.95. The molecule has 2 aliphatic rings. The van der Waals surface area contributed by atoms with Gasteiger partial charge in [0.05, 0.1) is 17.5 Å². The number of amides is 2. The van der Waals surface area contributed by atoms with Gasteiger partial charge in [0.25, 0.3) is 0 Å². The van der Waals surface area contributed by atoms with Crippen LogP contribution < -0.4 is 5.32 Å². The van der Waals surface area contributed by atoms with Gasteiger partial charge < -0.3 is 10.2 Å². The summed E-state index contributed by atoms with van der Waals surface area (Å²) in [7, 11) is 0. The minimum atomic E-state index is -0.161. The molecule has 112 valence electrons. The maximum atomic E-state index is 12.2. The van der Waals surface area contributed by atoms with E-state index in [2.05, 4.69) is 21.2 Å². The number of anilines is 1. The Morgan fingerprint density at radius 1 is 1.24 bits per heavy atom. The number of hydrogen-bond acceptors (Lipinski definition) is 2. The molecule has 2 fully saturated rings. The first-order chi connectivity index (χ1) is 10.1. The number of carbonyl (C=O) groups excluding carboxylic acids is 2. The minimum Gasteiger partial charge on any atom is -0.342 e. The van der Waals surface area contributed by atoms with Gasteiger partial charge in [-0.15, -0.1) is 0 Å². The summed E-state index contributed by atoms with van der Waals surface area (Å²) < 4.78 is 0.874. The summed E-state index contributed by atoms with van der Waals surface area (Å²) in [5.74, 6) is -0.147. The Morgan fingerprint density at radius 3 is 2.62 bits per heavy atom. The average molecular weight is 351 g/mol. The van der Waals surface area contributed by atoms with Gasteiger partial charge in [-0.1, -0.05) is 6.07 Å². The van der Waals surface area contributed by atoms with Crippen molar-refractivity contribution in [3.05, 3.63) is 28.2 Å². The molecular formula is C16H19BrN2O2. The van der Waals surface area contributed by atoms with Gasteiger partial charge in [-0.25, -0.2) is 0 Å². The molecule has 2 unspecified atom stereocenters. The number of aryl methyl sites for hydroxylation is 1. The largest absolute Gasteiger partial charge is 0.342 e. The van der Waals surface area contributed by atoms with E-state index in [1.165, 1.54) is 0 Å². The number of nitrogens with zero attached hydrogens (tertiary/aromatic N) is 1. The fourth-order valence-electron chi connectivity index (χ4n) is 2.88. The Bertz CT molecular complexity index is 582. The summed E-state index contributed by atoms with van der Waals surface area (Å²) in [4.78, 5) is 26.4. The molecule has 0 bridgehead atoms. The summed E-state index contributed by atoms with van der Waals surface area (Å²) in [6.07, 6.45) is 2.86. The molecule has 2 amide bonds. The van der Waals surface area contributed by atoms with Crippen molar-refractivity contribution in [1.82, 2.24) is 4.90 Å². The Hall–Kier alpha value is -1.36. The Labute approximate surface area is 133 Å². The molecule has 4 nitrogen and oxygen atoms in total. The van der Waals surface area contributed by atoms with Crippen molar-refractivity contribution in [3.63, 3.8) is 0 Å². The molecule has 3 rings (SSSR count). The maximum Gasteiger partial charge on any atom is 0.228 e.